The lowest BCUT2D eigenvalue weighted by molar-refractivity contribution is -0.127. The number of rotatable bonds is 7. The van der Waals surface area contributed by atoms with Crippen LogP contribution in [-0.2, 0) is 11.3 Å². The van der Waals surface area contributed by atoms with Gasteiger partial charge >= 0.3 is 0 Å². The van der Waals surface area contributed by atoms with Gasteiger partial charge < -0.3 is 15.4 Å². The fraction of sp³-hybridized carbons (Fsp3) is 0.400. The lowest BCUT2D eigenvalue weighted by Crippen LogP contribution is -2.38. The van der Waals surface area contributed by atoms with Crippen LogP contribution in [0.5, 0.6) is 5.75 Å². The van der Waals surface area contributed by atoms with E-state index in [0.717, 1.165) is 30.7 Å². The van der Waals surface area contributed by atoms with Gasteiger partial charge in [0.1, 0.15) is 17.1 Å². The largest absolute Gasteiger partial charge is 0.481 e. The molecule has 29 heavy (non-hydrogen) atoms. The maximum atomic E-state index is 13.2. The van der Waals surface area contributed by atoms with Crippen molar-refractivity contribution in [2.45, 2.75) is 31.9 Å². The highest BCUT2D eigenvalue weighted by molar-refractivity contribution is 5.80. The van der Waals surface area contributed by atoms with Gasteiger partial charge in [0.25, 0.3) is 5.91 Å². The van der Waals surface area contributed by atoms with E-state index in [4.69, 9.17) is 9.84 Å². The first-order valence-electron chi connectivity index (χ1n) is 9.70. The summed E-state index contributed by atoms with van der Waals surface area (Å²) in [4.78, 5) is 21.2. The van der Waals surface area contributed by atoms with Gasteiger partial charge in [-0.1, -0.05) is 6.07 Å². The van der Waals surface area contributed by atoms with Crippen LogP contribution in [0.3, 0.4) is 0 Å². The zero-order chi connectivity index (χ0) is 20.2. The number of ether oxygens (including phenoxy) is 1. The van der Waals surface area contributed by atoms with E-state index >= 15 is 0 Å². The van der Waals surface area contributed by atoms with Crippen molar-refractivity contribution >= 4 is 17.1 Å². The van der Waals surface area contributed by atoms with Gasteiger partial charge in [-0.2, -0.15) is 5.10 Å². The predicted molar refractivity (Wildman–Crippen MR) is 105 cm³/mol. The third-order valence-corrected chi connectivity index (χ3v) is 4.94. The second-order valence-electron chi connectivity index (χ2n) is 7.04. The zero-order valence-corrected chi connectivity index (χ0v) is 16.1. The maximum absolute atomic E-state index is 13.2. The molecule has 4 rings (SSSR count). The van der Waals surface area contributed by atoms with E-state index in [1.54, 1.807) is 30.1 Å². The number of carbonyl (C=O) groups excluding carboxylic acids is 1. The quantitative estimate of drug-likeness (QED) is 0.628. The minimum atomic E-state index is -0.744. The molecule has 0 radical (unpaired) electrons. The molecular formula is C20H23FN6O2. The van der Waals surface area contributed by atoms with Crippen LogP contribution >= 0.6 is 0 Å². The van der Waals surface area contributed by atoms with Crippen LogP contribution < -0.4 is 15.4 Å². The van der Waals surface area contributed by atoms with Crippen LogP contribution in [-0.4, -0.2) is 51.4 Å². The number of nitrogens with one attached hydrogen (secondary N) is 2. The van der Waals surface area contributed by atoms with Crippen molar-refractivity contribution in [2.24, 2.45) is 0 Å². The molecule has 1 amide bonds. The van der Waals surface area contributed by atoms with Gasteiger partial charge in [-0.05, 0) is 32.0 Å². The topological polar surface area (TPSA) is 94.0 Å². The van der Waals surface area contributed by atoms with Crippen LogP contribution in [0, 0.1) is 5.82 Å². The van der Waals surface area contributed by atoms with Crippen molar-refractivity contribution < 1.29 is 13.9 Å². The molecule has 0 unspecified atom stereocenters. The SMILES string of the molecule is C[C@H](Oc1cccc(F)c1)C(=O)NCCn1nc([C@H]2CCNC2)c2nccnc21. The zero-order valence-electron chi connectivity index (χ0n) is 16.1. The molecule has 1 fully saturated rings. The summed E-state index contributed by atoms with van der Waals surface area (Å²) in [5.74, 6) is -0.0485. The van der Waals surface area contributed by atoms with Crippen LogP contribution in [0.4, 0.5) is 4.39 Å². The van der Waals surface area contributed by atoms with E-state index in [9.17, 15) is 9.18 Å². The number of hydrogen-bond donors (Lipinski definition) is 2. The summed E-state index contributed by atoms with van der Waals surface area (Å²) >= 11 is 0. The van der Waals surface area contributed by atoms with E-state index in [0.29, 0.717) is 30.4 Å². The minimum absolute atomic E-state index is 0.281. The smallest absolute Gasteiger partial charge is 0.260 e. The first kappa shape index (κ1) is 19.3. The molecular weight excluding hydrogens is 375 g/mol. The van der Waals surface area contributed by atoms with Crippen LogP contribution in [0.25, 0.3) is 11.2 Å². The van der Waals surface area contributed by atoms with Gasteiger partial charge in [-0.25, -0.2) is 19.0 Å². The van der Waals surface area contributed by atoms with Gasteiger partial charge in [0, 0.05) is 37.5 Å². The second kappa shape index (κ2) is 8.52. The third kappa shape index (κ3) is 4.34. The molecule has 1 aromatic carbocycles. The summed E-state index contributed by atoms with van der Waals surface area (Å²) in [6.07, 6.45) is 3.60. The Morgan fingerprint density at radius 3 is 3.07 bits per heavy atom. The fourth-order valence-corrected chi connectivity index (χ4v) is 3.47. The van der Waals surface area contributed by atoms with Crippen LogP contribution in [0.15, 0.2) is 36.7 Å². The maximum Gasteiger partial charge on any atom is 0.260 e. The number of fused-ring (bicyclic) bond motifs is 1. The molecule has 8 nitrogen and oxygen atoms in total. The normalized spacial score (nSPS) is 17.4. The Bertz CT molecular complexity index is 1000. The van der Waals surface area contributed by atoms with Crippen LogP contribution in [0.1, 0.15) is 25.0 Å². The van der Waals surface area contributed by atoms with E-state index in [1.165, 1.54) is 18.2 Å². The highest BCUT2D eigenvalue weighted by Gasteiger charge is 2.24. The van der Waals surface area contributed by atoms with Crippen molar-refractivity contribution in [1.82, 2.24) is 30.4 Å². The second-order valence-corrected chi connectivity index (χ2v) is 7.04. The van der Waals surface area contributed by atoms with E-state index < -0.39 is 11.9 Å². The molecule has 3 aromatic rings. The van der Waals surface area contributed by atoms with E-state index in [-0.39, 0.29) is 5.91 Å². The Hall–Kier alpha value is -3.07. The Labute approximate surface area is 167 Å². The average molecular weight is 398 g/mol. The standard InChI is InChI=1S/C20H23FN6O2/c1-13(29-16-4-2-3-15(21)11-16)20(28)25-9-10-27-19-18(23-7-8-24-19)17(26-27)14-5-6-22-12-14/h2-4,7-8,11,13-14,22H,5-6,9-10,12H2,1H3,(H,25,28)/t13-,14-/m0/s1. The van der Waals surface area contributed by atoms with Gasteiger partial charge in [-0.3, -0.25) is 4.79 Å². The van der Waals surface area contributed by atoms with Crippen LogP contribution in [0.2, 0.25) is 0 Å². The summed E-state index contributed by atoms with van der Waals surface area (Å²) in [7, 11) is 0. The van der Waals surface area contributed by atoms with Gasteiger partial charge in [-0.15, -0.1) is 0 Å². The number of amides is 1. The molecule has 2 aromatic heterocycles. The molecule has 0 saturated carbocycles. The molecule has 2 N–H and O–H groups in total. The molecule has 2 atom stereocenters. The lowest BCUT2D eigenvalue weighted by Gasteiger charge is -2.14. The average Bonchev–Trinajstić information content (AvgIpc) is 3.36. The molecule has 1 aliphatic heterocycles. The van der Waals surface area contributed by atoms with Crippen molar-refractivity contribution in [2.75, 3.05) is 19.6 Å². The Morgan fingerprint density at radius 1 is 1.41 bits per heavy atom. The molecule has 0 bridgehead atoms. The lowest BCUT2D eigenvalue weighted by atomic mass is 10.0. The van der Waals surface area contributed by atoms with Gasteiger partial charge in [0.15, 0.2) is 11.8 Å². The van der Waals surface area contributed by atoms with Gasteiger partial charge in [0.2, 0.25) is 0 Å². The highest BCUT2D eigenvalue weighted by Crippen LogP contribution is 2.26. The summed E-state index contributed by atoms with van der Waals surface area (Å²) in [5, 5.41) is 10.9. The van der Waals surface area contributed by atoms with E-state index in [1.807, 2.05) is 0 Å². The molecule has 3 heterocycles. The monoisotopic (exact) mass is 398 g/mol. The van der Waals surface area contributed by atoms with Crippen molar-refractivity contribution in [3.63, 3.8) is 0 Å². The number of hydrogen-bond acceptors (Lipinski definition) is 6. The first-order chi connectivity index (χ1) is 14.1. The Balaban J connectivity index is 1.37. The Kier molecular flexibility index (Phi) is 5.66. The molecule has 0 aliphatic carbocycles. The Morgan fingerprint density at radius 2 is 2.28 bits per heavy atom. The molecule has 1 saturated heterocycles. The first-order valence-corrected chi connectivity index (χ1v) is 9.70. The number of carbonyl (C=O) groups is 1. The fourth-order valence-electron chi connectivity index (χ4n) is 3.47. The van der Waals surface area contributed by atoms with Crippen molar-refractivity contribution in [3.05, 3.63) is 48.2 Å². The third-order valence-electron chi connectivity index (χ3n) is 4.94. The summed E-state index contributed by atoms with van der Waals surface area (Å²) in [6.45, 7) is 4.31. The molecule has 1 aliphatic rings. The van der Waals surface area contributed by atoms with Crippen molar-refractivity contribution in [3.8, 4) is 5.75 Å². The number of nitrogens with zero attached hydrogens (tertiary/aromatic N) is 4. The van der Waals surface area contributed by atoms with Crippen molar-refractivity contribution in [1.29, 1.82) is 0 Å². The predicted octanol–water partition coefficient (Wildman–Crippen LogP) is 1.63. The summed E-state index contributed by atoms with van der Waals surface area (Å²) in [6, 6.07) is 5.72. The highest BCUT2D eigenvalue weighted by atomic mass is 19.1. The number of halogens is 1. The molecule has 152 valence electrons. The number of aromatic nitrogens is 4. The molecule has 0 spiro atoms. The summed E-state index contributed by atoms with van der Waals surface area (Å²) < 4.78 is 20.5. The minimum Gasteiger partial charge on any atom is -0.481 e. The number of benzene rings is 1. The molecule has 9 heteroatoms. The summed E-state index contributed by atoms with van der Waals surface area (Å²) in [5.41, 5.74) is 2.48. The van der Waals surface area contributed by atoms with Gasteiger partial charge in [0.05, 0.1) is 12.2 Å². The van der Waals surface area contributed by atoms with E-state index in [2.05, 4.69) is 20.6 Å².